The van der Waals surface area contributed by atoms with Crippen molar-refractivity contribution in [2.45, 2.75) is 57.3 Å². The largest absolute Gasteiger partial charge is 0.496 e. The lowest BCUT2D eigenvalue weighted by atomic mass is 9.96. The van der Waals surface area contributed by atoms with Crippen LogP contribution < -0.4 is 20.3 Å². The van der Waals surface area contributed by atoms with Crippen molar-refractivity contribution in [1.29, 1.82) is 0 Å². The summed E-state index contributed by atoms with van der Waals surface area (Å²) in [6.07, 6.45) is 5.12. The van der Waals surface area contributed by atoms with Crippen molar-refractivity contribution >= 4 is 17.6 Å². The van der Waals surface area contributed by atoms with E-state index < -0.39 is 17.5 Å². The number of carbonyl (C=O) groups excluding carboxylic acids is 2. The maximum Gasteiger partial charge on any atom is 0.253 e. The van der Waals surface area contributed by atoms with E-state index in [0.717, 1.165) is 49.2 Å². The lowest BCUT2D eigenvalue weighted by Gasteiger charge is -2.40. The van der Waals surface area contributed by atoms with Crippen LogP contribution in [0.5, 0.6) is 5.75 Å². The average Bonchev–Trinajstić information content (AvgIpc) is 3.18. The zero-order chi connectivity index (χ0) is 26.8. The van der Waals surface area contributed by atoms with Crippen LogP contribution in [0.15, 0.2) is 54.7 Å². The Morgan fingerprint density at radius 2 is 1.68 bits per heavy atom. The van der Waals surface area contributed by atoms with Gasteiger partial charge in [-0.3, -0.25) is 9.59 Å². The van der Waals surface area contributed by atoms with Crippen LogP contribution in [0.4, 0.5) is 14.6 Å². The Morgan fingerprint density at radius 1 is 1.00 bits per heavy atom. The molecule has 9 heteroatoms. The first-order valence-corrected chi connectivity index (χ1v) is 12.8. The van der Waals surface area contributed by atoms with Crippen LogP contribution in [0.2, 0.25) is 0 Å². The third-order valence-electron chi connectivity index (χ3n) is 7.58. The molecule has 3 atom stereocenters. The molecule has 3 heterocycles. The van der Waals surface area contributed by atoms with Crippen molar-refractivity contribution in [2.75, 3.05) is 12.0 Å². The molecule has 0 aliphatic carbocycles. The maximum absolute atomic E-state index is 13.8. The number of piperidine rings is 1. The first-order valence-electron chi connectivity index (χ1n) is 12.8. The number of rotatable bonds is 7. The lowest BCUT2D eigenvalue weighted by molar-refractivity contribution is 0.0923. The minimum absolute atomic E-state index is 0.0608. The van der Waals surface area contributed by atoms with Gasteiger partial charge in [-0.25, -0.2) is 13.8 Å². The number of hydrogen-bond donors (Lipinski definition) is 2. The number of amides is 2. The summed E-state index contributed by atoms with van der Waals surface area (Å²) in [6.45, 7) is 1.63. The van der Waals surface area contributed by atoms with Gasteiger partial charge in [-0.05, 0) is 69.0 Å². The monoisotopic (exact) mass is 520 g/mol. The topological polar surface area (TPSA) is 83.6 Å². The Bertz CT molecular complexity index is 1310. The van der Waals surface area contributed by atoms with Crippen molar-refractivity contribution in [3.8, 4) is 5.75 Å². The number of carbonyl (C=O) groups is 2. The van der Waals surface area contributed by atoms with Gasteiger partial charge in [0.1, 0.15) is 23.2 Å². The van der Waals surface area contributed by atoms with Gasteiger partial charge in [0.15, 0.2) is 0 Å². The average molecular weight is 521 g/mol. The first kappa shape index (κ1) is 25.6. The highest BCUT2D eigenvalue weighted by atomic mass is 19.1. The molecule has 38 heavy (non-hydrogen) atoms. The molecular weight excluding hydrogens is 490 g/mol. The fourth-order valence-corrected chi connectivity index (χ4v) is 5.66. The smallest absolute Gasteiger partial charge is 0.253 e. The number of pyridine rings is 1. The highest BCUT2D eigenvalue weighted by molar-refractivity contribution is 5.96. The van der Waals surface area contributed by atoms with Crippen molar-refractivity contribution in [3.05, 3.63) is 88.6 Å². The molecule has 2 aliphatic heterocycles. The van der Waals surface area contributed by atoms with Gasteiger partial charge in [-0.15, -0.1) is 0 Å². The predicted molar refractivity (Wildman–Crippen MR) is 139 cm³/mol. The molecule has 2 fully saturated rings. The zero-order valence-electron chi connectivity index (χ0n) is 21.3. The summed E-state index contributed by atoms with van der Waals surface area (Å²) in [5.74, 6) is -0.482. The normalized spacial score (nSPS) is 20.2. The van der Waals surface area contributed by atoms with E-state index in [9.17, 15) is 18.4 Å². The highest BCUT2D eigenvalue weighted by Gasteiger charge is 2.42. The highest BCUT2D eigenvalue weighted by Crippen LogP contribution is 2.38. The quantitative estimate of drug-likeness (QED) is 0.478. The summed E-state index contributed by atoms with van der Waals surface area (Å²) in [4.78, 5) is 32.4. The molecule has 2 N–H and O–H groups in total. The van der Waals surface area contributed by atoms with E-state index in [2.05, 4.69) is 20.5 Å². The van der Waals surface area contributed by atoms with Crippen LogP contribution in [0.25, 0.3) is 0 Å². The molecule has 0 unspecified atom stereocenters. The summed E-state index contributed by atoms with van der Waals surface area (Å²) < 4.78 is 33.0. The Balaban J connectivity index is 1.20. The number of benzene rings is 2. The summed E-state index contributed by atoms with van der Waals surface area (Å²) in [5.41, 5.74) is 1.57. The molecule has 198 valence electrons. The zero-order valence-corrected chi connectivity index (χ0v) is 21.3. The van der Waals surface area contributed by atoms with Crippen molar-refractivity contribution < 1.29 is 23.1 Å². The second kappa shape index (κ2) is 10.8. The summed E-state index contributed by atoms with van der Waals surface area (Å²) in [5, 5.41) is 5.77. The third-order valence-corrected chi connectivity index (χ3v) is 7.58. The van der Waals surface area contributed by atoms with Crippen LogP contribution >= 0.6 is 0 Å². The minimum Gasteiger partial charge on any atom is -0.496 e. The van der Waals surface area contributed by atoms with Crippen LogP contribution in [-0.2, 0) is 6.54 Å². The van der Waals surface area contributed by atoms with E-state index in [-0.39, 0.29) is 36.1 Å². The summed E-state index contributed by atoms with van der Waals surface area (Å²) in [7, 11) is 1.59. The van der Waals surface area contributed by atoms with Gasteiger partial charge >= 0.3 is 0 Å². The maximum atomic E-state index is 13.8. The molecule has 2 saturated heterocycles. The number of halogens is 2. The number of ether oxygens (including phenoxy) is 1. The van der Waals surface area contributed by atoms with E-state index in [0.29, 0.717) is 16.9 Å². The van der Waals surface area contributed by atoms with Crippen molar-refractivity contribution in [1.82, 2.24) is 15.6 Å². The second-order valence-electron chi connectivity index (χ2n) is 9.85. The van der Waals surface area contributed by atoms with Crippen LogP contribution in [0.1, 0.15) is 57.5 Å². The molecule has 0 radical (unpaired) electrons. The number of nitrogens with one attached hydrogen (secondary N) is 2. The Kier molecular flexibility index (Phi) is 7.26. The van der Waals surface area contributed by atoms with Gasteiger partial charge in [0, 0.05) is 47.6 Å². The number of aromatic nitrogens is 1. The third kappa shape index (κ3) is 5.05. The molecule has 2 bridgehead atoms. The molecule has 5 rings (SSSR count). The number of methoxy groups -OCH3 is 1. The Labute approximate surface area is 220 Å². The van der Waals surface area contributed by atoms with Crippen LogP contribution in [0.3, 0.4) is 0 Å². The van der Waals surface area contributed by atoms with Gasteiger partial charge < -0.3 is 20.3 Å². The number of hydrogen-bond acceptors (Lipinski definition) is 5. The van der Waals surface area contributed by atoms with E-state index >= 15 is 0 Å². The van der Waals surface area contributed by atoms with E-state index in [4.69, 9.17) is 4.74 Å². The number of fused-ring (bicyclic) bond motifs is 2. The summed E-state index contributed by atoms with van der Waals surface area (Å²) >= 11 is 0. The Morgan fingerprint density at radius 3 is 2.32 bits per heavy atom. The van der Waals surface area contributed by atoms with Gasteiger partial charge in [0.25, 0.3) is 11.8 Å². The van der Waals surface area contributed by atoms with E-state index in [1.807, 2.05) is 31.2 Å². The van der Waals surface area contributed by atoms with Gasteiger partial charge in [-0.2, -0.15) is 0 Å². The van der Waals surface area contributed by atoms with E-state index in [1.165, 1.54) is 12.3 Å². The molecule has 2 aromatic carbocycles. The molecule has 2 aliphatic rings. The minimum atomic E-state index is -0.701. The second-order valence-corrected chi connectivity index (χ2v) is 9.85. The number of nitrogens with zero attached hydrogens (tertiary/aromatic N) is 2. The standard InChI is InChI=1S/C29H30F2N4O3/c1-17-22(5-3-8-26(17)38-2)29(37)34-19-13-20-10-11-21(14-19)35(20)27-12-9-18(15-32-27)28(36)33-16-23-24(30)6-4-7-25(23)31/h3-9,12,15,19-21H,10-11,13-14,16H2,1-2H3,(H,33,36)(H,34,37)/t19-,20+,21-. The molecular formula is C29H30F2N4O3. The van der Waals surface area contributed by atoms with Gasteiger partial charge in [0.05, 0.1) is 12.7 Å². The fraction of sp³-hybridized carbons (Fsp3) is 0.345. The molecule has 2 amide bonds. The summed E-state index contributed by atoms with van der Waals surface area (Å²) in [6, 6.07) is 13.1. The molecule has 3 aromatic rings. The molecule has 0 saturated carbocycles. The van der Waals surface area contributed by atoms with Crippen LogP contribution in [0, 0.1) is 18.6 Å². The van der Waals surface area contributed by atoms with E-state index in [1.54, 1.807) is 13.2 Å². The Hall–Kier alpha value is -4.01. The first-order chi connectivity index (χ1) is 18.4. The van der Waals surface area contributed by atoms with Gasteiger partial charge in [0.2, 0.25) is 0 Å². The molecule has 1 aromatic heterocycles. The fourth-order valence-electron chi connectivity index (χ4n) is 5.66. The van der Waals surface area contributed by atoms with Crippen LogP contribution in [-0.4, -0.2) is 42.0 Å². The van der Waals surface area contributed by atoms with Crippen molar-refractivity contribution in [3.63, 3.8) is 0 Å². The molecule has 7 nitrogen and oxygen atoms in total. The van der Waals surface area contributed by atoms with Gasteiger partial charge in [-0.1, -0.05) is 12.1 Å². The lowest BCUT2D eigenvalue weighted by Crippen LogP contribution is -2.50. The van der Waals surface area contributed by atoms with Crippen molar-refractivity contribution in [2.24, 2.45) is 0 Å². The number of anilines is 1. The molecule has 0 spiro atoms. The predicted octanol–water partition coefficient (Wildman–Crippen LogP) is 4.54. The SMILES string of the molecule is COc1cccc(C(=O)N[C@H]2C[C@H]3CC[C@@H](C2)N3c2ccc(C(=O)NCc3c(F)cccc3F)cn2)c1C.